The summed E-state index contributed by atoms with van der Waals surface area (Å²) < 4.78 is 5.20. The molecule has 2 N–H and O–H groups in total. The number of benzene rings is 2. The summed E-state index contributed by atoms with van der Waals surface area (Å²) in [5.74, 6) is -0.487. The molecule has 1 saturated heterocycles. The summed E-state index contributed by atoms with van der Waals surface area (Å²) in [6.07, 6.45) is 0. The van der Waals surface area contributed by atoms with E-state index in [2.05, 4.69) is 32.6 Å². The highest BCUT2D eigenvalue weighted by molar-refractivity contribution is 6.40. The lowest BCUT2D eigenvalue weighted by Crippen LogP contribution is -2.49. The lowest BCUT2D eigenvalue weighted by Gasteiger charge is -2.36. The van der Waals surface area contributed by atoms with Crippen LogP contribution in [0.25, 0.3) is 0 Å². The fourth-order valence-electron chi connectivity index (χ4n) is 3.35. The SMILES string of the molecule is COc1ccc(N2CCN(CCNC(=O)C(=O)Nc3cccc(Cl)c3C)CC2)cc1. The third-order valence-electron chi connectivity index (χ3n) is 5.25. The summed E-state index contributed by atoms with van der Waals surface area (Å²) in [5, 5.41) is 5.84. The van der Waals surface area contributed by atoms with Crippen molar-refractivity contribution in [1.29, 1.82) is 0 Å². The van der Waals surface area contributed by atoms with E-state index in [-0.39, 0.29) is 0 Å². The third-order valence-corrected chi connectivity index (χ3v) is 5.66. The molecule has 2 aromatic carbocycles. The monoisotopic (exact) mass is 430 g/mol. The molecule has 0 atom stereocenters. The van der Waals surface area contributed by atoms with E-state index < -0.39 is 11.8 Å². The largest absolute Gasteiger partial charge is 0.497 e. The molecule has 0 aromatic heterocycles. The van der Waals surface area contributed by atoms with Crippen molar-refractivity contribution in [2.75, 3.05) is 56.6 Å². The number of nitrogens with zero attached hydrogens (tertiary/aromatic N) is 2. The van der Waals surface area contributed by atoms with E-state index in [1.165, 1.54) is 5.69 Å². The topological polar surface area (TPSA) is 73.9 Å². The van der Waals surface area contributed by atoms with Crippen molar-refractivity contribution >= 4 is 34.8 Å². The molecule has 2 aromatic rings. The summed E-state index contributed by atoms with van der Waals surface area (Å²) in [5.41, 5.74) is 2.45. The summed E-state index contributed by atoms with van der Waals surface area (Å²) in [6, 6.07) is 13.2. The zero-order valence-electron chi connectivity index (χ0n) is 17.3. The van der Waals surface area contributed by atoms with Gasteiger partial charge in [0, 0.05) is 55.7 Å². The van der Waals surface area contributed by atoms with Gasteiger partial charge >= 0.3 is 11.8 Å². The van der Waals surface area contributed by atoms with Gasteiger partial charge in [0.05, 0.1) is 7.11 Å². The number of methoxy groups -OCH3 is 1. The van der Waals surface area contributed by atoms with Crippen molar-refractivity contribution in [2.45, 2.75) is 6.92 Å². The Hall–Kier alpha value is -2.77. The molecule has 0 bridgehead atoms. The number of rotatable bonds is 6. The highest BCUT2D eigenvalue weighted by Gasteiger charge is 2.19. The number of anilines is 2. The molecule has 30 heavy (non-hydrogen) atoms. The molecule has 1 heterocycles. The van der Waals surface area contributed by atoms with Crippen LogP contribution in [0.3, 0.4) is 0 Å². The Morgan fingerprint density at radius 2 is 1.73 bits per heavy atom. The van der Waals surface area contributed by atoms with Crippen molar-refractivity contribution in [1.82, 2.24) is 10.2 Å². The lowest BCUT2D eigenvalue weighted by molar-refractivity contribution is -0.136. The van der Waals surface area contributed by atoms with E-state index in [9.17, 15) is 9.59 Å². The van der Waals surface area contributed by atoms with Crippen LogP contribution in [-0.2, 0) is 9.59 Å². The normalized spacial score (nSPS) is 14.3. The fourth-order valence-corrected chi connectivity index (χ4v) is 3.53. The Morgan fingerprint density at radius 3 is 2.40 bits per heavy atom. The first-order valence-electron chi connectivity index (χ1n) is 9.93. The van der Waals surface area contributed by atoms with Gasteiger partial charge < -0.3 is 20.3 Å². The molecule has 8 heteroatoms. The number of halogens is 1. The van der Waals surface area contributed by atoms with Gasteiger partial charge in [-0.3, -0.25) is 14.5 Å². The Kier molecular flexibility index (Phi) is 7.54. The Labute approximate surface area is 181 Å². The minimum atomic E-state index is -0.690. The maximum absolute atomic E-state index is 12.1. The van der Waals surface area contributed by atoms with Crippen LogP contribution in [0.1, 0.15) is 5.56 Å². The molecule has 1 aliphatic heterocycles. The van der Waals surface area contributed by atoms with E-state index in [0.29, 0.717) is 23.8 Å². The van der Waals surface area contributed by atoms with E-state index in [0.717, 1.165) is 37.5 Å². The number of piperazine rings is 1. The van der Waals surface area contributed by atoms with Crippen LogP contribution < -0.4 is 20.3 Å². The predicted molar refractivity (Wildman–Crippen MR) is 119 cm³/mol. The van der Waals surface area contributed by atoms with Crippen LogP contribution in [-0.4, -0.2) is 63.1 Å². The zero-order valence-corrected chi connectivity index (χ0v) is 18.0. The van der Waals surface area contributed by atoms with E-state index in [4.69, 9.17) is 16.3 Å². The smallest absolute Gasteiger partial charge is 0.313 e. The lowest BCUT2D eigenvalue weighted by atomic mass is 10.2. The van der Waals surface area contributed by atoms with Crippen LogP contribution in [0.5, 0.6) is 5.75 Å². The van der Waals surface area contributed by atoms with E-state index in [1.54, 1.807) is 32.2 Å². The van der Waals surface area contributed by atoms with Crippen LogP contribution in [0.2, 0.25) is 5.02 Å². The predicted octanol–water partition coefficient (Wildman–Crippen LogP) is 2.53. The number of ether oxygens (including phenoxy) is 1. The maximum Gasteiger partial charge on any atom is 0.313 e. The molecule has 1 aliphatic rings. The molecule has 0 radical (unpaired) electrons. The number of nitrogens with one attached hydrogen (secondary N) is 2. The highest BCUT2D eigenvalue weighted by Crippen LogP contribution is 2.23. The molecule has 0 spiro atoms. The molecular weight excluding hydrogens is 404 g/mol. The summed E-state index contributed by atoms with van der Waals surface area (Å²) >= 11 is 6.04. The molecule has 2 amide bonds. The number of hydrogen-bond donors (Lipinski definition) is 2. The molecule has 7 nitrogen and oxygen atoms in total. The summed E-state index contributed by atoms with van der Waals surface area (Å²) in [4.78, 5) is 28.8. The van der Waals surface area contributed by atoms with Gasteiger partial charge in [0.2, 0.25) is 0 Å². The maximum atomic E-state index is 12.1. The summed E-state index contributed by atoms with van der Waals surface area (Å²) in [6.45, 7) is 6.53. The zero-order chi connectivity index (χ0) is 21.5. The minimum Gasteiger partial charge on any atom is -0.497 e. The number of amides is 2. The van der Waals surface area contributed by atoms with Gasteiger partial charge in [0.1, 0.15) is 5.75 Å². The van der Waals surface area contributed by atoms with Gasteiger partial charge in [-0.25, -0.2) is 0 Å². The first kappa shape index (κ1) is 21.9. The van der Waals surface area contributed by atoms with Crippen molar-refractivity contribution in [2.24, 2.45) is 0 Å². The van der Waals surface area contributed by atoms with Gasteiger partial charge in [0.15, 0.2) is 0 Å². The van der Waals surface area contributed by atoms with Crippen molar-refractivity contribution in [3.63, 3.8) is 0 Å². The molecule has 160 valence electrons. The molecule has 3 rings (SSSR count). The first-order valence-corrected chi connectivity index (χ1v) is 10.3. The van der Waals surface area contributed by atoms with Crippen LogP contribution in [0, 0.1) is 6.92 Å². The Morgan fingerprint density at radius 1 is 1.03 bits per heavy atom. The number of carbonyl (C=O) groups excluding carboxylic acids is 2. The van der Waals surface area contributed by atoms with Gasteiger partial charge in [-0.05, 0) is 48.9 Å². The van der Waals surface area contributed by atoms with Gasteiger partial charge in [-0.2, -0.15) is 0 Å². The average molecular weight is 431 g/mol. The number of carbonyl (C=O) groups is 2. The second-order valence-corrected chi connectivity index (χ2v) is 7.56. The molecule has 0 aliphatic carbocycles. The summed E-state index contributed by atoms with van der Waals surface area (Å²) in [7, 11) is 1.66. The van der Waals surface area contributed by atoms with E-state index >= 15 is 0 Å². The Balaban J connectivity index is 1.38. The second kappa shape index (κ2) is 10.3. The average Bonchev–Trinajstić information content (AvgIpc) is 2.77. The highest BCUT2D eigenvalue weighted by atomic mass is 35.5. The van der Waals surface area contributed by atoms with Crippen LogP contribution in [0.4, 0.5) is 11.4 Å². The fraction of sp³-hybridized carbons (Fsp3) is 0.364. The number of hydrogen-bond acceptors (Lipinski definition) is 5. The molecular formula is C22H27ClN4O3. The van der Waals surface area contributed by atoms with Gasteiger partial charge in [-0.15, -0.1) is 0 Å². The standard InChI is InChI=1S/C22H27ClN4O3/c1-16-19(23)4-3-5-20(16)25-22(29)21(28)24-10-11-26-12-14-27(15-13-26)17-6-8-18(30-2)9-7-17/h3-9H,10-15H2,1-2H3,(H,24,28)(H,25,29). The quantitative estimate of drug-likeness (QED) is 0.689. The first-order chi connectivity index (χ1) is 14.5. The van der Waals surface area contributed by atoms with Gasteiger partial charge in [0.25, 0.3) is 0 Å². The van der Waals surface area contributed by atoms with Crippen molar-refractivity contribution in [3.05, 3.63) is 53.1 Å². The van der Waals surface area contributed by atoms with Gasteiger partial charge in [-0.1, -0.05) is 17.7 Å². The Bertz CT molecular complexity index is 880. The van der Waals surface area contributed by atoms with Crippen molar-refractivity contribution < 1.29 is 14.3 Å². The van der Waals surface area contributed by atoms with Crippen LogP contribution in [0.15, 0.2) is 42.5 Å². The molecule has 1 fully saturated rings. The minimum absolute atomic E-state index is 0.420. The molecule has 0 unspecified atom stereocenters. The molecule has 0 saturated carbocycles. The second-order valence-electron chi connectivity index (χ2n) is 7.15. The van der Waals surface area contributed by atoms with Crippen LogP contribution >= 0.6 is 11.6 Å². The van der Waals surface area contributed by atoms with Crippen molar-refractivity contribution in [3.8, 4) is 5.75 Å². The third kappa shape index (κ3) is 5.64. The van der Waals surface area contributed by atoms with E-state index in [1.807, 2.05) is 12.1 Å².